The molecule has 2 fully saturated rings. The summed E-state index contributed by atoms with van der Waals surface area (Å²) in [6.45, 7) is 0. The van der Waals surface area contributed by atoms with Crippen LogP contribution in [0.3, 0.4) is 0 Å². The van der Waals surface area contributed by atoms with E-state index in [1.807, 2.05) is 0 Å². The normalized spacial score (nSPS) is 34.7. The Morgan fingerprint density at radius 1 is 1.47 bits per heavy atom. The molecule has 0 aliphatic heterocycles. The SMILES string of the molecule is COC(=O)[C@@H](N)C[C@H]1CC2CCC1C2.Cl. The molecule has 0 radical (unpaired) electrons. The van der Waals surface area contributed by atoms with Crippen molar-refractivity contribution >= 4 is 18.4 Å². The van der Waals surface area contributed by atoms with Crippen LogP contribution >= 0.6 is 12.4 Å². The van der Waals surface area contributed by atoms with Gasteiger partial charge in [-0.15, -0.1) is 12.4 Å². The molecule has 2 bridgehead atoms. The Morgan fingerprint density at radius 3 is 2.67 bits per heavy atom. The van der Waals surface area contributed by atoms with Gasteiger partial charge in [0.05, 0.1) is 7.11 Å². The van der Waals surface area contributed by atoms with Crippen LogP contribution in [0.5, 0.6) is 0 Å². The van der Waals surface area contributed by atoms with Gasteiger partial charge in [0.25, 0.3) is 0 Å². The number of halogens is 1. The minimum Gasteiger partial charge on any atom is -0.468 e. The van der Waals surface area contributed by atoms with Crippen molar-refractivity contribution in [2.24, 2.45) is 23.5 Å². The molecule has 0 spiro atoms. The van der Waals surface area contributed by atoms with Gasteiger partial charge in [-0.1, -0.05) is 6.42 Å². The van der Waals surface area contributed by atoms with Crippen molar-refractivity contribution in [2.75, 3.05) is 7.11 Å². The van der Waals surface area contributed by atoms with Gasteiger partial charge < -0.3 is 10.5 Å². The summed E-state index contributed by atoms with van der Waals surface area (Å²) in [6.07, 6.45) is 6.24. The highest BCUT2D eigenvalue weighted by atomic mass is 35.5. The maximum Gasteiger partial charge on any atom is 0.322 e. The van der Waals surface area contributed by atoms with Crippen LogP contribution in [0.15, 0.2) is 0 Å². The number of hydrogen-bond donors (Lipinski definition) is 1. The number of nitrogens with two attached hydrogens (primary N) is 1. The Kier molecular flexibility index (Phi) is 4.41. The van der Waals surface area contributed by atoms with E-state index in [-0.39, 0.29) is 18.4 Å². The fourth-order valence-electron chi connectivity index (χ4n) is 3.24. The Balaban J connectivity index is 0.00000112. The first kappa shape index (κ1) is 12.8. The third-order valence-electron chi connectivity index (χ3n) is 3.95. The smallest absolute Gasteiger partial charge is 0.322 e. The van der Waals surface area contributed by atoms with Crippen LogP contribution in [0.2, 0.25) is 0 Å². The second-order valence-corrected chi connectivity index (χ2v) is 4.80. The number of rotatable bonds is 3. The van der Waals surface area contributed by atoms with Gasteiger partial charge in [-0.25, -0.2) is 0 Å². The summed E-state index contributed by atoms with van der Waals surface area (Å²) in [5, 5.41) is 0. The number of carbonyl (C=O) groups is 1. The number of carbonyl (C=O) groups excluding carboxylic acids is 1. The van der Waals surface area contributed by atoms with Crippen LogP contribution in [-0.4, -0.2) is 19.1 Å². The molecule has 2 saturated carbocycles. The van der Waals surface area contributed by atoms with Crippen LogP contribution < -0.4 is 5.73 Å². The molecule has 2 rings (SSSR count). The Bertz CT molecular complexity index is 235. The largest absolute Gasteiger partial charge is 0.468 e. The van der Waals surface area contributed by atoms with Crippen LogP contribution in [0.25, 0.3) is 0 Å². The first-order chi connectivity index (χ1) is 6.70. The monoisotopic (exact) mass is 233 g/mol. The van der Waals surface area contributed by atoms with Gasteiger partial charge in [-0.3, -0.25) is 4.79 Å². The van der Waals surface area contributed by atoms with Gasteiger partial charge in [-0.05, 0) is 43.4 Å². The van der Waals surface area contributed by atoms with Crippen molar-refractivity contribution in [3.05, 3.63) is 0 Å². The lowest BCUT2D eigenvalue weighted by Gasteiger charge is -2.23. The molecule has 2 aliphatic carbocycles. The Labute approximate surface area is 97.1 Å². The van der Waals surface area contributed by atoms with E-state index in [0.29, 0.717) is 5.92 Å². The summed E-state index contributed by atoms with van der Waals surface area (Å²) in [5.74, 6) is 2.20. The molecule has 0 aromatic carbocycles. The number of hydrogen-bond acceptors (Lipinski definition) is 3. The highest BCUT2D eigenvalue weighted by Gasteiger charge is 2.40. The van der Waals surface area contributed by atoms with Crippen molar-refractivity contribution in [1.29, 1.82) is 0 Å². The van der Waals surface area contributed by atoms with E-state index in [1.54, 1.807) is 0 Å². The molecule has 2 aliphatic rings. The van der Waals surface area contributed by atoms with E-state index in [1.165, 1.54) is 32.8 Å². The second kappa shape index (κ2) is 5.17. The van der Waals surface area contributed by atoms with Crippen molar-refractivity contribution in [1.82, 2.24) is 0 Å². The lowest BCUT2D eigenvalue weighted by atomic mass is 9.84. The first-order valence-electron chi connectivity index (χ1n) is 5.54. The van der Waals surface area contributed by atoms with Crippen LogP contribution in [-0.2, 0) is 9.53 Å². The van der Waals surface area contributed by atoms with Gasteiger partial charge in [0.1, 0.15) is 6.04 Å². The van der Waals surface area contributed by atoms with E-state index in [2.05, 4.69) is 4.74 Å². The average Bonchev–Trinajstić information content (AvgIpc) is 2.77. The molecule has 4 atom stereocenters. The van der Waals surface area contributed by atoms with E-state index in [4.69, 9.17) is 5.73 Å². The van der Waals surface area contributed by atoms with E-state index in [9.17, 15) is 4.79 Å². The predicted octanol–water partition coefficient (Wildman–Crippen LogP) is 1.73. The zero-order chi connectivity index (χ0) is 10.1. The zero-order valence-electron chi connectivity index (χ0n) is 9.15. The zero-order valence-corrected chi connectivity index (χ0v) is 9.96. The predicted molar refractivity (Wildman–Crippen MR) is 60.8 cm³/mol. The Morgan fingerprint density at radius 2 is 2.20 bits per heavy atom. The molecule has 0 saturated heterocycles. The van der Waals surface area contributed by atoms with E-state index in [0.717, 1.165) is 18.3 Å². The molecule has 3 nitrogen and oxygen atoms in total. The van der Waals surface area contributed by atoms with Crippen LogP contribution in [0.4, 0.5) is 0 Å². The molecule has 4 heteroatoms. The van der Waals surface area contributed by atoms with Gasteiger partial charge in [0.15, 0.2) is 0 Å². The molecule has 0 amide bonds. The van der Waals surface area contributed by atoms with E-state index < -0.39 is 6.04 Å². The molecule has 88 valence electrons. The molecule has 15 heavy (non-hydrogen) atoms. The lowest BCUT2D eigenvalue weighted by Crippen LogP contribution is -2.34. The molecular formula is C11H20ClNO2. The third-order valence-corrected chi connectivity index (χ3v) is 3.95. The van der Waals surface area contributed by atoms with Gasteiger partial charge >= 0.3 is 5.97 Å². The van der Waals surface area contributed by atoms with Gasteiger partial charge in [0, 0.05) is 0 Å². The highest BCUT2D eigenvalue weighted by molar-refractivity contribution is 5.85. The number of ether oxygens (including phenoxy) is 1. The summed E-state index contributed by atoms with van der Waals surface area (Å²) in [5.41, 5.74) is 5.76. The number of fused-ring (bicyclic) bond motifs is 2. The first-order valence-corrected chi connectivity index (χ1v) is 5.54. The fraction of sp³-hybridized carbons (Fsp3) is 0.909. The number of esters is 1. The standard InChI is InChI=1S/C11H19NO2.ClH/c1-14-11(13)10(12)6-9-5-7-2-3-8(9)4-7;/h7-10H,2-6,12H2,1H3;1H/t7?,8?,9-,10+;/m1./s1. The summed E-state index contributed by atoms with van der Waals surface area (Å²) in [7, 11) is 1.41. The quantitative estimate of drug-likeness (QED) is 0.756. The van der Waals surface area contributed by atoms with Gasteiger partial charge in [-0.2, -0.15) is 0 Å². The molecular weight excluding hydrogens is 214 g/mol. The summed E-state index contributed by atoms with van der Waals surface area (Å²) >= 11 is 0. The molecule has 2 unspecified atom stereocenters. The fourth-order valence-corrected chi connectivity index (χ4v) is 3.24. The van der Waals surface area contributed by atoms with E-state index >= 15 is 0 Å². The molecule has 2 N–H and O–H groups in total. The van der Waals surface area contributed by atoms with Crippen LogP contribution in [0, 0.1) is 17.8 Å². The maximum absolute atomic E-state index is 11.2. The second-order valence-electron chi connectivity index (χ2n) is 4.80. The van der Waals surface area contributed by atoms with Crippen molar-refractivity contribution < 1.29 is 9.53 Å². The minimum atomic E-state index is -0.399. The maximum atomic E-state index is 11.2. The minimum absolute atomic E-state index is 0. The topological polar surface area (TPSA) is 52.3 Å². The highest BCUT2D eigenvalue weighted by Crippen LogP contribution is 2.49. The summed E-state index contributed by atoms with van der Waals surface area (Å²) < 4.78 is 4.64. The molecule has 0 aromatic heterocycles. The van der Waals surface area contributed by atoms with Crippen LogP contribution in [0.1, 0.15) is 32.1 Å². The Hall–Kier alpha value is -0.280. The molecule has 0 aromatic rings. The van der Waals surface area contributed by atoms with Crippen molar-refractivity contribution in [3.63, 3.8) is 0 Å². The lowest BCUT2D eigenvalue weighted by molar-refractivity contribution is -0.142. The molecule has 0 heterocycles. The summed E-state index contributed by atoms with van der Waals surface area (Å²) in [4.78, 5) is 11.2. The van der Waals surface area contributed by atoms with Crippen molar-refractivity contribution in [3.8, 4) is 0 Å². The van der Waals surface area contributed by atoms with Crippen molar-refractivity contribution in [2.45, 2.75) is 38.1 Å². The average molecular weight is 234 g/mol. The van der Waals surface area contributed by atoms with Gasteiger partial charge in [0.2, 0.25) is 0 Å². The summed E-state index contributed by atoms with van der Waals surface area (Å²) in [6, 6.07) is -0.399. The number of methoxy groups -OCH3 is 1. The third kappa shape index (κ3) is 2.64.